The number of sulfonamides is 1. The van der Waals surface area contributed by atoms with Crippen LogP contribution in [-0.4, -0.2) is 59.2 Å². The van der Waals surface area contributed by atoms with Crippen molar-refractivity contribution in [2.24, 2.45) is 0 Å². The van der Waals surface area contributed by atoms with Crippen molar-refractivity contribution in [3.8, 4) is 0 Å². The van der Waals surface area contributed by atoms with Crippen molar-refractivity contribution >= 4 is 16.1 Å². The Kier molecular flexibility index (Phi) is 9.42. The maximum absolute atomic E-state index is 13.3. The molecule has 2 atom stereocenters. The molecule has 0 aliphatic heterocycles. The van der Waals surface area contributed by atoms with Gasteiger partial charge in [-0.15, -0.1) is 0 Å². The molecule has 35 heavy (non-hydrogen) atoms. The Bertz CT molecular complexity index is 1160. The van der Waals surface area contributed by atoms with Gasteiger partial charge in [-0.3, -0.25) is 4.90 Å². The number of carbonyl (C=O) groups is 1. The zero-order chi connectivity index (χ0) is 25.3. The van der Waals surface area contributed by atoms with Gasteiger partial charge >= 0.3 is 6.09 Å². The topological polar surface area (TPSA) is 98.2 Å². The predicted octanol–water partition coefficient (Wildman–Crippen LogP) is 4.24. The molecule has 0 heterocycles. The Morgan fingerprint density at radius 3 is 1.89 bits per heavy atom. The highest BCUT2D eigenvalue weighted by molar-refractivity contribution is 7.89. The minimum absolute atomic E-state index is 0.0734. The summed E-state index contributed by atoms with van der Waals surface area (Å²) in [6, 6.07) is 25.7. The first-order valence-electron chi connectivity index (χ1n) is 11.6. The molecule has 8 heteroatoms. The van der Waals surface area contributed by atoms with Gasteiger partial charge in [-0.25, -0.2) is 13.2 Å². The number of aliphatic hydroxyl groups is 1. The summed E-state index contributed by atoms with van der Waals surface area (Å²) in [5.41, 5.74) is 1.63. The molecule has 0 aromatic heterocycles. The molecule has 186 valence electrons. The molecule has 2 N–H and O–H groups in total. The Morgan fingerprint density at radius 2 is 1.37 bits per heavy atom. The molecule has 1 amide bonds. The normalized spacial score (nSPS) is 13.3. The van der Waals surface area contributed by atoms with Crippen LogP contribution in [0.15, 0.2) is 95.9 Å². The Hall–Kier alpha value is -3.20. The van der Waals surface area contributed by atoms with Crippen LogP contribution in [0.4, 0.5) is 4.79 Å². The molecule has 7 nitrogen and oxygen atoms in total. The third-order valence-corrected chi connectivity index (χ3v) is 7.70. The van der Waals surface area contributed by atoms with Gasteiger partial charge in [0.05, 0.1) is 17.0 Å². The van der Waals surface area contributed by atoms with E-state index in [0.717, 1.165) is 11.1 Å². The van der Waals surface area contributed by atoms with Gasteiger partial charge in [0.25, 0.3) is 0 Å². The lowest BCUT2D eigenvalue weighted by Gasteiger charge is -2.35. The molecule has 0 aliphatic carbocycles. The Labute approximate surface area is 207 Å². The third-order valence-electron chi connectivity index (χ3n) is 5.82. The summed E-state index contributed by atoms with van der Waals surface area (Å²) in [5.74, 6) is 0. The molecule has 0 unspecified atom stereocenters. The van der Waals surface area contributed by atoms with Crippen LogP contribution in [0, 0.1) is 0 Å². The van der Waals surface area contributed by atoms with Crippen molar-refractivity contribution in [2.45, 2.75) is 43.4 Å². The van der Waals surface area contributed by atoms with Crippen LogP contribution in [0.2, 0.25) is 0 Å². The molecule has 3 aromatic carbocycles. The lowest BCUT2D eigenvalue weighted by Crippen LogP contribution is -2.52. The van der Waals surface area contributed by atoms with E-state index < -0.39 is 28.3 Å². The average molecular weight is 497 g/mol. The van der Waals surface area contributed by atoms with E-state index in [9.17, 15) is 23.4 Å². The smallest absolute Gasteiger partial charge is 0.407 e. The minimum Gasteiger partial charge on any atom is -0.465 e. The summed E-state index contributed by atoms with van der Waals surface area (Å²) in [5, 5.41) is 21.5. The van der Waals surface area contributed by atoms with Crippen molar-refractivity contribution in [1.82, 2.24) is 9.21 Å². The van der Waals surface area contributed by atoms with Gasteiger partial charge in [-0.05, 0) is 36.1 Å². The van der Waals surface area contributed by atoms with E-state index in [1.165, 1.54) is 21.3 Å². The molecular formula is C27H32N2O5S. The second kappa shape index (κ2) is 12.5. The van der Waals surface area contributed by atoms with Crippen LogP contribution in [0.3, 0.4) is 0 Å². The fourth-order valence-electron chi connectivity index (χ4n) is 4.05. The highest BCUT2D eigenvalue weighted by Crippen LogP contribution is 2.21. The summed E-state index contributed by atoms with van der Waals surface area (Å²) in [7, 11) is -3.86. The average Bonchev–Trinajstić information content (AvgIpc) is 2.87. The molecule has 0 saturated carbocycles. The fraction of sp³-hybridized carbons (Fsp3) is 0.296. The maximum Gasteiger partial charge on any atom is 0.407 e. The Morgan fingerprint density at radius 1 is 0.857 bits per heavy atom. The van der Waals surface area contributed by atoms with E-state index in [1.54, 1.807) is 18.2 Å². The van der Waals surface area contributed by atoms with E-state index in [-0.39, 0.29) is 31.0 Å². The highest BCUT2D eigenvalue weighted by atomic mass is 32.2. The van der Waals surface area contributed by atoms with Gasteiger partial charge in [-0.1, -0.05) is 85.8 Å². The molecule has 0 fully saturated rings. The summed E-state index contributed by atoms with van der Waals surface area (Å²) >= 11 is 0. The molecule has 0 aliphatic rings. The molecule has 0 saturated heterocycles. The van der Waals surface area contributed by atoms with Crippen molar-refractivity contribution < 1.29 is 23.4 Å². The molecular weight excluding hydrogens is 464 g/mol. The van der Waals surface area contributed by atoms with Crippen LogP contribution >= 0.6 is 0 Å². The molecule has 0 radical (unpaired) electrons. The number of amides is 1. The SMILES string of the molecule is CCCN(C[C@@H](O)[C@H](Cc1ccccc1)N(Cc1ccccc1)C(=O)O)S(=O)(=O)c1ccccc1. The number of carboxylic acid groups (broad SMARTS) is 1. The molecule has 3 rings (SSSR count). The van der Waals surface area contributed by atoms with E-state index in [2.05, 4.69) is 0 Å². The maximum atomic E-state index is 13.3. The zero-order valence-electron chi connectivity index (χ0n) is 19.8. The van der Waals surface area contributed by atoms with Crippen molar-refractivity contribution in [2.75, 3.05) is 13.1 Å². The number of hydrogen-bond donors (Lipinski definition) is 2. The van der Waals surface area contributed by atoms with E-state index in [0.29, 0.717) is 6.42 Å². The van der Waals surface area contributed by atoms with E-state index >= 15 is 0 Å². The lowest BCUT2D eigenvalue weighted by atomic mass is 9.99. The van der Waals surface area contributed by atoms with Crippen LogP contribution in [0.25, 0.3) is 0 Å². The van der Waals surface area contributed by atoms with Gasteiger partial charge in [0.15, 0.2) is 0 Å². The fourth-order valence-corrected chi connectivity index (χ4v) is 5.62. The van der Waals surface area contributed by atoms with Crippen LogP contribution in [0.1, 0.15) is 24.5 Å². The first-order valence-corrected chi connectivity index (χ1v) is 13.1. The monoisotopic (exact) mass is 496 g/mol. The first-order chi connectivity index (χ1) is 16.8. The van der Waals surface area contributed by atoms with Gasteiger partial charge < -0.3 is 10.2 Å². The van der Waals surface area contributed by atoms with Crippen molar-refractivity contribution in [1.29, 1.82) is 0 Å². The third kappa shape index (κ3) is 7.14. The van der Waals surface area contributed by atoms with Gasteiger partial charge in [0.1, 0.15) is 0 Å². The zero-order valence-corrected chi connectivity index (χ0v) is 20.6. The Balaban J connectivity index is 1.93. The second-order valence-corrected chi connectivity index (χ2v) is 10.3. The highest BCUT2D eigenvalue weighted by Gasteiger charge is 2.34. The van der Waals surface area contributed by atoms with Gasteiger partial charge in [0.2, 0.25) is 10.0 Å². The van der Waals surface area contributed by atoms with Crippen molar-refractivity contribution in [3.05, 3.63) is 102 Å². The number of aliphatic hydroxyl groups excluding tert-OH is 1. The summed E-state index contributed by atoms with van der Waals surface area (Å²) < 4.78 is 27.9. The lowest BCUT2D eigenvalue weighted by molar-refractivity contribution is 0.0347. The minimum atomic E-state index is -3.86. The van der Waals surface area contributed by atoms with Crippen LogP contribution in [-0.2, 0) is 23.0 Å². The van der Waals surface area contributed by atoms with Crippen LogP contribution < -0.4 is 0 Å². The standard InChI is InChI=1S/C27H32N2O5S/c1-2-18-28(35(33,34)24-16-10-5-11-17-24)21-26(30)25(19-22-12-6-3-7-13-22)29(27(31)32)20-23-14-8-4-9-15-23/h3-17,25-26,30H,2,18-21H2,1H3,(H,31,32)/t25-,26+/m0/s1. The number of rotatable bonds is 12. The van der Waals surface area contributed by atoms with Gasteiger partial charge in [-0.2, -0.15) is 4.31 Å². The van der Waals surface area contributed by atoms with E-state index in [1.807, 2.05) is 67.6 Å². The summed E-state index contributed by atoms with van der Waals surface area (Å²) in [4.78, 5) is 13.7. The number of benzene rings is 3. The second-order valence-electron chi connectivity index (χ2n) is 8.40. The molecule has 0 spiro atoms. The van der Waals surface area contributed by atoms with Crippen LogP contribution in [0.5, 0.6) is 0 Å². The van der Waals surface area contributed by atoms with Gasteiger partial charge in [0, 0.05) is 19.6 Å². The largest absolute Gasteiger partial charge is 0.465 e. The molecule has 0 bridgehead atoms. The molecule has 3 aromatic rings. The first kappa shape index (κ1) is 26.4. The quantitative estimate of drug-likeness (QED) is 0.391. The summed E-state index contributed by atoms with van der Waals surface area (Å²) in [6.45, 7) is 1.92. The van der Waals surface area contributed by atoms with Crippen molar-refractivity contribution in [3.63, 3.8) is 0 Å². The predicted molar refractivity (Wildman–Crippen MR) is 135 cm³/mol. The number of nitrogens with zero attached hydrogens (tertiary/aromatic N) is 2. The number of hydrogen-bond acceptors (Lipinski definition) is 4. The van der Waals surface area contributed by atoms with E-state index in [4.69, 9.17) is 0 Å². The summed E-state index contributed by atoms with van der Waals surface area (Å²) in [6.07, 6.45) is -1.64.